The van der Waals surface area contributed by atoms with Crippen LogP contribution in [0.15, 0.2) is 61.2 Å². The van der Waals surface area contributed by atoms with Gasteiger partial charge >= 0.3 is 0 Å². The standard InChI is InChI=1S/C17H16N4O/c1-13-19-9-10-21(13)16-6-4-14(5-7-16)11-20-17(22)15-3-2-8-18-12-15/h2-10,12H,11H2,1H3,(H,20,22). The van der Waals surface area contributed by atoms with Gasteiger partial charge in [-0.25, -0.2) is 4.98 Å². The lowest BCUT2D eigenvalue weighted by molar-refractivity contribution is 0.0950. The molecule has 1 aromatic carbocycles. The molecule has 0 radical (unpaired) electrons. The van der Waals surface area contributed by atoms with Crippen LogP contribution in [0.4, 0.5) is 0 Å². The SMILES string of the molecule is Cc1nccn1-c1ccc(CNC(=O)c2cccnc2)cc1. The summed E-state index contributed by atoms with van der Waals surface area (Å²) in [6.07, 6.45) is 6.90. The first kappa shape index (κ1) is 14.0. The Balaban J connectivity index is 1.65. The van der Waals surface area contributed by atoms with Gasteiger partial charge in [-0.15, -0.1) is 0 Å². The van der Waals surface area contributed by atoms with Gasteiger partial charge in [0.25, 0.3) is 5.91 Å². The Morgan fingerprint density at radius 3 is 2.64 bits per heavy atom. The van der Waals surface area contributed by atoms with E-state index in [2.05, 4.69) is 15.3 Å². The van der Waals surface area contributed by atoms with Crippen LogP contribution in [-0.2, 0) is 6.54 Å². The molecule has 3 rings (SSSR count). The van der Waals surface area contributed by atoms with Crippen molar-refractivity contribution in [3.63, 3.8) is 0 Å². The lowest BCUT2D eigenvalue weighted by Gasteiger charge is -2.08. The molecule has 0 aliphatic carbocycles. The zero-order chi connectivity index (χ0) is 15.4. The second-order valence-electron chi connectivity index (χ2n) is 4.94. The Kier molecular flexibility index (Phi) is 3.96. The molecule has 0 fully saturated rings. The Hall–Kier alpha value is -2.95. The number of carbonyl (C=O) groups excluding carboxylic acids is 1. The maximum Gasteiger partial charge on any atom is 0.253 e. The molecule has 1 N–H and O–H groups in total. The molecule has 1 amide bonds. The van der Waals surface area contributed by atoms with Gasteiger partial charge in [-0.2, -0.15) is 0 Å². The van der Waals surface area contributed by atoms with E-state index >= 15 is 0 Å². The number of hydrogen-bond donors (Lipinski definition) is 1. The topological polar surface area (TPSA) is 59.8 Å². The predicted molar refractivity (Wildman–Crippen MR) is 83.7 cm³/mol. The smallest absolute Gasteiger partial charge is 0.253 e. The van der Waals surface area contributed by atoms with Gasteiger partial charge in [0, 0.05) is 37.0 Å². The van der Waals surface area contributed by atoms with E-state index in [9.17, 15) is 4.79 Å². The molecule has 0 bridgehead atoms. The Labute approximate surface area is 128 Å². The Morgan fingerprint density at radius 1 is 1.18 bits per heavy atom. The lowest BCUT2D eigenvalue weighted by Crippen LogP contribution is -2.22. The molecule has 22 heavy (non-hydrogen) atoms. The van der Waals surface area contributed by atoms with Gasteiger partial charge in [-0.1, -0.05) is 12.1 Å². The van der Waals surface area contributed by atoms with Crippen LogP contribution in [0, 0.1) is 6.92 Å². The Morgan fingerprint density at radius 2 is 2.00 bits per heavy atom. The third-order valence-corrected chi connectivity index (χ3v) is 3.42. The third-order valence-electron chi connectivity index (χ3n) is 3.42. The number of benzene rings is 1. The van der Waals surface area contributed by atoms with Gasteiger partial charge in [-0.05, 0) is 36.8 Å². The summed E-state index contributed by atoms with van der Waals surface area (Å²) in [5.41, 5.74) is 2.66. The molecule has 5 nitrogen and oxygen atoms in total. The summed E-state index contributed by atoms with van der Waals surface area (Å²) in [6.45, 7) is 2.44. The fourth-order valence-corrected chi connectivity index (χ4v) is 2.21. The monoisotopic (exact) mass is 292 g/mol. The van der Waals surface area contributed by atoms with Crippen molar-refractivity contribution in [1.29, 1.82) is 0 Å². The van der Waals surface area contributed by atoms with E-state index < -0.39 is 0 Å². The van der Waals surface area contributed by atoms with E-state index in [4.69, 9.17) is 0 Å². The third kappa shape index (κ3) is 3.03. The normalized spacial score (nSPS) is 10.4. The predicted octanol–water partition coefficient (Wildman–Crippen LogP) is 2.51. The summed E-state index contributed by atoms with van der Waals surface area (Å²) in [6, 6.07) is 11.5. The van der Waals surface area contributed by atoms with Gasteiger partial charge < -0.3 is 9.88 Å². The first-order valence-electron chi connectivity index (χ1n) is 7.01. The van der Waals surface area contributed by atoms with E-state index in [-0.39, 0.29) is 5.91 Å². The number of imidazole rings is 1. The minimum Gasteiger partial charge on any atom is -0.348 e. The van der Waals surface area contributed by atoms with Crippen molar-refractivity contribution in [2.75, 3.05) is 0 Å². The number of nitrogens with one attached hydrogen (secondary N) is 1. The van der Waals surface area contributed by atoms with Crippen LogP contribution in [-0.4, -0.2) is 20.4 Å². The maximum atomic E-state index is 12.0. The zero-order valence-corrected chi connectivity index (χ0v) is 12.2. The first-order chi connectivity index (χ1) is 10.7. The molecule has 0 saturated heterocycles. The van der Waals surface area contributed by atoms with Crippen molar-refractivity contribution in [2.24, 2.45) is 0 Å². The van der Waals surface area contributed by atoms with E-state index in [0.717, 1.165) is 17.1 Å². The minimum atomic E-state index is -0.123. The Bertz CT molecular complexity index is 763. The number of pyridine rings is 1. The summed E-state index contributed by atoms with van der Waals surface area (Å²) < 4.78 is 2.01. The van der Waals surface area contributed by atoms with Crippen LogP contribution >= 0.6 is 0 Å². The molecule has 2 heterocycles. The van der Waals surface area contributed by atoms with E-state index in [1.807, 2.05) is 42.0 Å². The molecule has 5 heteroatoms. The second-order valence-corrected chi connectivity index (χ2v) is 4.94. The molecule has 0 spiro atoms. The van der Waals surface area contributed by atoms with Crippen molar-refractivity contribution < 1.29 is 4.79 Å². The summed E-state index contributed by atoms with van der Waals surface area (Å²) in [5, 5.41) is 2.88. The maximum absolute atomic E-state index is 12.0. The van der Waals surface area contributed by atoms with Gasteiger partial charge in [-0.3, -0.25) is 9.78 Å². The number of amides is 1. The van der Waals surface area contributed by atoms with Crippen LogP contribution in [0.1, 0.15) is 21.7 Å². The van der Waals surface area contributed by atoms with Crippen LogP contribution in [0.5, 0.6) is 0 Å². The van der Waals surface area contributed by atoms with Gasteiger partial charge in [0.1, 0.15) is 5.82 Å². The molecule has 0 aliphatic heterocycles. The van der Waals surface area contributed by atoms with Crippen LogP contribution in [0.25, 0.3) is 5.69 Å². The number of aryl methyl sites for hydroxylation is 1. The molecular formula is C17H16N4O. The highest BCUT2D eigenvalue weighted by Crippen LogP contribution is 2.11. The fourth-order valence-electron chi connectivity index (χ4n) is 2.21. The van der Waals surface area contributed by atoms with Gasteiger partial charge in [0.15, 0.2) is 0 Å². The molecule has 0 aliphatic rings. The molecule has 0 unspecified atom stereocenters. The number of carbonyl (C=O) groups is 1. The van der Waals surface area contributed by atoms with Crippen LogP contribution < -0.4 is 5.32 Å². The minimum absolute atomic E-state index is 0.123. The van der Waals surface area contributed by atoms with E-state index in [1.54, 1.807) is 30.7 Å². The molecular weight excluding hydrogens is 276 g/mol. The first-order valence-corrected chi connectivity index (χ1v) is 7.01. The highest BCUT2D eigenvalue weighted by molar-refractivity contribution is 5.93. The molecule has 3 aromatic rings. The number of hydrogen-bond acceptors (Lipinski definition) is 3. The van der Waals surface area contributed by atoms with Crippen molar-refractivity contribution in [1.82, 2.24) is 19.9 Å². The average molecular weight is 292 g/mol. The average Bonchev–Trinajstić information content (AvgIpc) is 3.00. The molecule has 0 saturated carbocycles. The highest BCUT2D eigenvalue weighted by atomic mass is 16.1. The van der Waals surface area contributed by atoms with Crippen molar-refractivity contribution in [3.05, 3.63) is 78.1 Å². The van der Waals surface area contributed by atoms with Gasteiger partial charge in [0.2, 0.25) is 0 Å². The highest BCUT2D eigenvalue weighted by Gasteiger charge is 2.05. The van der Waals surface area contributed by atoms with Crippen LogP contribution in [0.2, 0.25) is 0 Å². The number of aromatic nitrogens is 3. The molecule has 2 aromatic heterocycles. The van der Waals surface area contributed by atoms with Gasteiger partial charge in [0.05, 0.1) is 5.56 Å². The largest absolute Gasteiger partial charge is 0.348 e. The molecule has 0 atom stereocenters. The molecule has 110 valence electrons. The summed E-state index contributed by atoms with van der Waals surface area (Å²) >= 11 is 0. The fraction of sp³-hybridized carbons (Fsp3) is 0.118. The zero-order valence-electron chi connectivity index (χ0n) is 12.2. The summed E-state index contributed by atoms with van der Waals surface area (Å²) in [7, 11) is 0. The van der Waals surface area contributed by atoms with Crippen molar-refractivity contribution in [3.8, 4) is 5.69 Å². The summed E-state index contributed by atoms with van der Waals surface area (Å²) in [4.78, 5) is 20.1. The van der Waals surface area contributed by atoms with Crippen molar-refractivity contribution >= 4 is 5.91 Å². The van der Waals surface area contributed by atoms with E-state index in [0.29, 0.717) is 12.1 Å². The quantitative estimate of drug-likeness (QED) is 0.803. The second kappa shape index (κ2) is 6.22. The van der Waals surface area contributed by atoms with E-state index in [1.165, 1.54) is 0 Å². The number of rotatable bonds is 4. The summed E-state index contributed by atoms with van der Waals surface area (Å²) in [5.74, 6) is 0.820. The van der Waals surface area contributed by atoms with Crippen LogP contribution in [0.3, 0.4) is 0 Å². The lowest BCUT2D eigenvalue weighted by atomic mass is 10.2. The van der Waals surface area contributed by atoms with Crippen molar-refractivity contribution in [2.45, 2.75) is 13.5 Å². The number of nitrogens with zero attached hydrogens (tertiary/aromatic N) is 3.